The van der Waals surface area contributed by atoms with Crippen molar-refractivity contribution in [3.8, 4) is 0 Å². The van der Waals surface area contributed by atoms with Crippen molar-refractivity contribution in [1.82, 2.24) is 9.80 Å². The number of likely N-dealkylation sites (tertiary alicyclic amines) is 2. The van der Waals surface area contributed by atoms with E-state index in [9.17, 15) is 9.90 Å². The molecular weight excluding hydrogens is 304 g/mol. The predicted octanol–water partition coefficient (Wildman–Crippen LogP) is 1.46. The van der Waals surface area contributed by atoms with Crippen LogP contribution >= 0.6 is 0 Å². The number of aliphatic hydroxyl groups is 1. The van der Waals surface area contributed by atoms with E-state index in [0.717, 1.165) is 19.4 Å². The van der Waals surface area contributed by atoms with Crippen LogP contribution in [0.15, 0.2) is 30.3 Å². The number of hydrogen-bond donors (Lipinski definition) is 1. The van der Waals surface area contributed by atoms with Gasteiger partial charge in [0, 0.05) is 33.3 Å². The molecule has 5 nitrogen and oxygen atoms in total. The molecule has 132 valence electrons. The molecule has 0 aliphatic carbocycles. The molecule has 2 aliphatic heterocycles. The van der Waals surface area contributed by atoms with Gasteiger partial charge >= 0.3 is 0 Å². The van der Waals surface area contributed by atoms with E-state index in [2.05, 4.69) is 17.0 Å². The first kappa shape index (κ1) is 17.4. The number of amides is 1. The molecule has 2 fully saturated rings. The molecule has 1 aromatic rings. The topological polar surface area (TPSA) is 53.0 Å². The summed E-state index contributed by atoms with van der Waals surface area (Å²) in [4.78, 5) is 16.9. The zero-order valence-electron chi connectivity index (χ0n) is 14.6. The SMILES string of the molecule is COC1(c2ccccc2)CCN(C(=O)[C@@H]2CN(C)CC[C@H]2O)CC1. The van der Waals surface area contributed by atoms with Gasteiger partial charge in [-0.3, -0.25) is 4.79 Å². The quantitative estimate of drug-likeness (QED) is 0.911. The number of carbonyl (C=O) groups is 1. The molecule has 24 heavy (non-hydrogen) atoms. The molecule has 0 radical (unpaired) electrons. The Labute approximate surface area is 144 Å². The van der Waals surface area contributed by atoms with Crippen molar-refractivity contribution in [2.75, 3.05) is 40.3 Å². The van der Waals surface area contributed by atoms with Gasteiger partial charge in [-0.05, 0) is 31.9 Å². The first-order valence-corrected chi connectivity index (χ1v) is 8.82. The summed E-state index contributed by atoms with van der Waals surface area (Å²) in [7, 11) is 3.76. The lowest BCUT2D eigenvalue weighted by Crippen LogP contribution is -2.53. The van der Waals surface area contributed by atoms with Crippen LogP contribution in [0.2, 0.25) is 0 Å². The molecule has 2 saturated heterocycles. The number of benzene rings is 1. The first-order valence-electron chi connectivity index (χ1n) is 8.82. The second kappa shape index (κ2) is 7.21. The number of ether oxygens (including phenoxy) is 1. The monoisotopic (exact) mass is 332 g/mol. The van der Waals surface area contributed by atoms with Gasteiger partial charge in [0.25, 0.3) is 0 Å². The third-order valence-electron chi connectivity index (χ3n) is 5.67. The lowest BCUT2D eigenvalue weighted by Gasteiger charge is -2.43. The van der Waals surface area contributed by atoms with Crippen molar-refractivity contribution < 1.29 is 14.6 Å². The Morgan fingerprint density at radius 1 is 1.21 bits per heavy atom. The van der Waals surface area contributed by atoms with E-state index >= 15 is 0 Å². The minimum atomic E-state index is -0.517. The summed E-state index contributed by atoms with van der Waals surface area (Å²) >= 11 is 0. The first-order chi connectivity index (χ1) is 11.6. The second-order valence-corrected chi connectivity index (χ2v) is 7.11. The third-order valence-corrected chi connectivity index (χ3v) is 5.67. The van der Waals surface area contributed by atoms with Crippen LogP contribution in [0.5, 0.6) is 0 Å². The molecule has 3 rings (SSSR count). The normalized spacial score (nSPS) is 27.9. The molecule has 0 bridgehead atoms. The van der Waals surface area contributed by atoms with Crippen molar-refractivity contribution >= 4 is 5.91 Å². The Morgan fingerprint density at radius 3 is 2.50 bits per heavy atom. The zero-order chi connectivity index (χ0) is 17.2. The van der Waals surface area contributed by atoms with E-state index in [0.29, 0.717) is 26.1 Å². The molecule has 2 heterocycles. The Bertz CT molecular complexity index is 555. The van der Waals surface area contributed by atoms with E-state index in [-0.39, 0.29) is 17.4 Å². The number of hydrogen-bond acceptors (Lipinski definition) is 4. The minimum absolute atomic E-state index is 0.0896. The van der Waals surface area contributed by atoms with Crippen LogP contribution in [0.4, 0.5) is 0 Å². The van der Waals surface area contributed by atoms with E-state index in [4.69, 9.17) is 4.74 Å². The molecule has 0 saturated carbocycles. The van der Waals surface area contributed by atoms with Crippen LogP contribution in [0.3, 0.4) is 0 Å². The summed E-state index contributed by atoms with van der Waals surface area (Å²) in [6.45, 7) is 2.85. The Balaban J connectivity index is 1.67. The smallest absolute Gasteiger partial charge is 0.229 e. The van der Waals surface area contributed by atoms with Gasteiger partial charge in [0.05, 0.1) is 17.6 Å². The van der Waals surface area contributed by atoms with E-state index in [1.54, 1.807) is 7.11 Å². The fourth-order valence-corrected chi connectivity index (χ4v) is 4.02. The van der Waals surface area contributed by atoms with E-state index in [1.165, 1.54) is 5.56 Å². The van der Waals surface area contributed by atoms with Crippen molar-refractivity contribution in [1.29, 1.82) is 0 Å². The highest BCUT2D eigenvalue weighted by atomic mass is 16.5. The van der Waals surface area contributed by atoms with Gasteiger partial charge in [0.15, 0.2) is 0 Å². The fourth-order valence-electron chi connectivity index (χ4n) is 4.02. The predicted molar refractivity (Wildman–Crippen MR) is 92.6 cm³/mol. The molecule has 1 aromatic carbocycles. The van der Waals surface area contributed by atoms with Crippen LogP contribution in [-0.2, 0) is 15.1 Å². The van der Waals surface area contributed by atoms with Crippen LogP contribution in [0, 0.1) is 5.92 Å². The summed E-state index contributed by atoms with van der Waals surface area (Å²) in [5.74, 6) is -0.206. The van der Waals surface area contributed by atoms with Crippen LogP contribution < -0.4 is 0 Å². The molecular formula is C19H28N2O3. The van der Waals surface area contributed by atoms with E-state index in [1.807, 2.05) is 30.1 Å². The highest BCUT2D eigenvalue weighted by Gasteiger charge is 2.40. The molecule has 0 aromatic heterocycles. The third kappa shape index (κ3) is 3.34. The number of aliphatic hydroxyl groups excluding tert-OH is 1. The molecule has 1 amide bonds. The second-order valence-electron chi connectivity index (χ2n) is 7.11. The Morgan fingerprint density at radius 2 is 1.88 bits per heavy atom. The molecule has 0 spiro atoms. The van der Waals surface area contributed by atoms with Gasteiger partial charge in [0.2, 0.25) is 5.91 Å². The lowest BCUT2D eigenvalue weighted by molar-refractivity contribution is -0.148. The number of nitrogens with zero attached hydrogens (tertiary/aromatic N) is 2. The maximum absolute atomic E-state index is 12.8. The highest BCUT2D eigenvalue weighted by Crippen LogP contribution is 2.36. The van der Waals surface area contributed by atoms with Crippen LogP contribution in [-0.4, -0.2) is 67.3 Å². The maximum atomic E-state index is 12.8. The molecule has 5 heteroatoms. The summed E-state index contributed by atoms with van der Waals surface area (Å²) < 4.78 is 5.88. The van der Waals surface area contributed by atoms with Crippen molar-refractivity contribution in [3.05, 3.63) is 35.9 Å². The van der Waals surface area contributed by atoms with Gasteiger partial charge in [-0.2, -0.15) is 0 Å². The fraction of sp³-hybridized carbons (Fsp3) is 0.632. The lowest BCUT2D eigenvalue weighted by atomic mass is 9.83. The highest BCUT2D eigenvalue weighted by molar-refractivity contribution is 5.80. The molecule has 0 unspecified atom stereocenters. The summed E-state index contributed by atoms with van der Waals surface area (Å²) in [5.41, 5.74) is 0.872. The standard InChI is InChI=1S/C19H28N2O3/c1-20-11-8-17(22)16(14-20)18(23)21-12-9-19(24-2,10-13-21)15-6-4-3-5-7-15/h3-7,16-17,22H,8-14H2,1-2H3/t16-,17-/m1/s1. The summed E-state index contributed by atoms with van der Waals surface area (Å²) in [5, 5.41) is 10.2. The molecule has 1 N–H and O–H groups in total. The number of methoxy groups -OCH3 is 1. The number of carbonyl (C=O) groups excluding carboxylic acids is 1. The number of rotatable bonds is 3. The van der Waals surface area contributed by atoms with Crippen molar-refractivity contribution in [3.63, 3.8) is 0 Å². The van der Waals surface area contributed by atoms with Gasteiger partial charge in [-0.1, -0.05) is 30.3 Å². The van der Waals surface area contributed by atoms with Gasteiger partial charge in [-0.25, -0.2) is 0 Å². The van der Waals surface area contributed by atoms with Crippen molar-refractivity contribution in [2.24, 2.45) is 5.92 Å². The number of piperidine rings is 2. The van der Waals surface area contributed by atoms with E-state index < -0.39 is 6.10 Å². The van der Waals surface area contributed by atoms with Gasteiger partial charge in [0.1, 0.15) is 0 Å². The zero-order valence-corrected chi connectivity index (χ0v) is 14.6. The maximum Gasteiger partial charge on any atom is 0.229 e. The molecule has 2 atom stereocenters. The van der Waals surface area contributed by atoms with Crippen LogP contribution in [0.1, 0.15) is 24.8 Å². The van der Waals surface area contributed by atoms with Gasteiger partial charge in [-0.15, -0.1) is 0 Å². The Hall–Kier alpha value is -1.43. The Kier molecular flexibility index (Phi) is 5.23. The van der Waals surface area contributed by atoms with Crippen molar-refractivity contribution in [2.45, 2.75) is 31.0 Å². The van der Waals surface area contributed by atoms with Gasteiger partial charge < -0.3 is 19.6 Å². The minimum Gasteiger partial charge on any atom is -0.392 e. The van der Waals surface area contributed by atoms with Crippen LogP contribution in [0.25, 0.3) is 0 Å². The summed E-state index contributed by atoms with van der Waals surface area (Å²) in [6.07, 6.45) is 1.74. The average molecular weight is 332 g/mol. The summed E-state index contributed by atoms with van der Waals surface area (Å²) in [6, 6.07) is 10.3. The largest absolute Gasteiger partial charge is 0.392 e. The molecule has 2 aliphatic rings. The average Bonchev–Trinajstić information content (AvgIpc) is 2.64.